The van der Waals surface area contributed by atoms with E-state index in [-0.39, 0.29) is 5.56 Å². The fourth-order valence-corrected chi connectivity index (χ4v) is 13.8. The molecule has 8 fully saturated rings. The van der Waals surface area contributed by atoms with Gasteiger partial charge in [-0.3, -0.25) is 27.5 Å². The molecule has 2 amide bonds. The Morgan fingerprint density at radius 3 is 1.29 bits per heavy atom. The Morgan fingerprint density at radius 1 is 0.515 bits per heavy atom. The number of halogens is 7. The molecule has 8 aliphatic rings. The predicted molar refractivity (Wildman–Crippen MR) is 222 cm³/mol. The molecular formula is C45H47F7N2O10S2. The van der Waals surface area contributed by atoms with Gasteiger partial charge in [-0.05, 0) is 129 Å². The highest BCUT2D eigenvalue weighted by Gasteiger charge is 2.60. The number of fused-ring (bicyclic) bond motifs is 1. The second kappa shape index (κ2) is 17.2. The van der Waals surface area contributed by atoms with Crippen molar-refractivity contribution in [1.82, 2.24) is 10.6 Å². The van der Waals surface area contributed by atoms with E-state index in [1.807, 2.05) is 0 Å². The second-order valence-corrected chi connectivity index (χ2v) is 22.5. The van der Waals surface area contributed by atoms with E-state index in [1.54, 1.807) is 36.4 Å². The van der Waals surface area contributed by atoms with Gasteiger partial charge in [0, 0.05) is 22.2 Å². The molecule has 21 heteroatoms. The summed E-state index contributed by atoms with van der Waals surface area (Å²) in [7, 11) is -11.6. The summed E-state index contributed by atoms with van der Waals surface area (Å²) in [5, 5.41) is -3.90. The summed E-state index contributed by atoms with van der Waals surface area (Å²) in [6.45, 7) is -2.72. The normalized spacial score (nSPS) is 29.0. The van der Waals surface area contributed by atoms with Crippen LogP contribution < -0.4 is 10.6 Å². The molecule has 8 aliphatic carbocycles. The lowest BCUT2D eigenvalue weighted by molar-refractivity contribution is -0.142. The zero-order valence-corrected chi connectivity index (χ0v) is 36.9. The Labute approximate surface area is 376 Å². The molecule has 0 radical (unpaired) electrons. The molecule has 11 rings (SSSR count). The van der Waals surface area contributed by atoms with Crippen LogP contribution in [0.5, 0.6) is 0 Å². The third kappa shape index (κ3) is 9.37. The first-order valence-electron chi connectivity index (χ1n) is 21.7. The van der Waals surface area contributed by atoms with Crippen LogP contribution in [0.1, 0.15) is 103 Å². The average molecular weight is 973 g/mol. The molecule has 2 N–H and O–H groups in total. The molecule has 3 aromatic rings. The zero-order chi connectivity index (χ0) is 47.7. The third-order valence-electron chi connectivity index (χ3n) is 14.3. The van der Waals surface area contributed by atoms with Crippen LogP contribution in [-0.4, -0.2) is 75.0 Å². The van der Waals surface area contributed by atoms with Crippen molar-refractivity contribution >= 4 is 54.4 Å². The Balaban J connectivity index is 0.000000179. The van der Waals surface area contributed by atoms with E-state index in [4.69, 9.17) is 0 Å². The standard InChI is InChI=1S/C24H25F2NO5S.C21H22F5NO5S/c25-24(26,22(29)27-23-11-15-8-16(12-23)10-17(9-15)13-23)33(30,31)32-14-21(28)20-7-3-5-18-4-1-2-6-19(18)20;22-20(23,24)16-4-2-1-3-15(16)17(28)11-32-33(30,31)21(25,26)18(29)27-19-8-12-5-13(9-19)7-14(6-12)10-19/h1-7,15-17H,8-14H2,(H,27,29);1-4,12-14H,5-11H2,(H,27,29). The van der Waals surface area contributed by atoms with Crippen molar-refractivity contribution in [3.8, 4) is 0 Å². The minimum Gasteiger partial charge on any atom is -0.344 e. The summed E-state index contributed by atoms with van der Waals surface area (Å²) in [5.41, 5.74) is -3.80. The van der Waals surface area contributed by atoms with Crippen LogP contribution in [0.4, 0.5) is 30.7 Å². The smallest absolute Gasteiger partial charge is 0.344 e. The Kier molecular flexibility index (Phi) is 12.5. The number of benzene rings is 3. The molecule has 0 atom stereocenters. The van der Waals surface area contributed by atoms with Crippen LogP contribution in [0.2, 0.25) is 0 Å². The number of nitrogens with one attached hydrogen (secondary N) is 2. The summed E-state index contributed by atoms with van der Waals surface area (Å²) in [6, 6.07) is 15.3. The molecule has 3 aromatic carbocycles. The summed E-state index contributed by atoms with van der Waals surface area (Å²) >= 11 is 0. The van der Waals surface area contributed by atoms with Crippen LogP contribution in [0.15, 0.2) is 66.7 Å². The lowest BCUT2D eigenvalue weighted by Crippen LogP contribution is -2.63. The Bertz CT molecular complexity index is 2580. The van der Waals surface area contributed by atoms with Crippen molar-refractivity contribution in [2.75, 3.05) is 13.2 Å². The zero-order valence-electron chi connectivity index (χ0n) is 35.3. The van der Waals surface area contributed by atoms with E-state index in [1.165, 1.54) is 6.07 Å². The van der Waals surface area contributed by atoms with Gasteiger partial charge in [-0.15, -0.1) is 0 Å². The Morgan fingerprint density at radius 2 is 0.864 bits per heavy atom. The minimum atomic E-state index is -5.94. The number of alkyl halides is 7. The quantitative estimate of drug-likeness (QED) is 0.0915. The van der Waals surface area contributed by atoms with Crippen molar-refractivity contribution in [2.45, 2.75) is 105 Å². The molecule has 0 unspecified atom stereocenters. The minimum absolute atomic E-state index is 0.157. The van der Waals surface area contributed by atoms with Gasteiger partial charge in [0.2, 0.25) is 0 Å². The van der Waals surface area contributed by atoms with Crippen LogP contribution in [-0.2, 0) is 44.4 Å². The molecule has 0 aromatic heterocycles. The number of carbonyl (C=O) groups is 4. The SMILES string of the molecule is O=C(COS(=O)(=O)C(F)(F)C(=O)NC12CC3CC(CC(C3)C1)C2)c1cccc2ccccc12.O=C(COS(=O)(=O)C(F)(F)C(=O)NC12CC3CC(CC(C3)C1)C2)c1ccccc1C(F)(F)F. The first-order valence-corrected chi connectivity index (χ1v) is 24.5. The molecule has 358 valence electrons. The third-order valence-corrected chi connectivity index (χ3v) is 16.8. The second-order valence-electron chi connectivity index (χ2n) is 19.2. The number of ketones is 2. The summed E-state index contributed by atoms with van der Waals surface area (Å²) in [5.74, 6) is -4.12. The maximum Gasteiger partial charge on any atom is 0.446 e. The summed E-state index contributed by atoms with van der Waals surface area (Å²) in [4.78, 5) is 49.5. The molecule has 0 saturated heterocycles. The van der Waals surface area contributed by atoms with Crippen LogP contribution >= 0.6 is 0 Å². The molecule has 0 spiro atoms. The highest BCUT2D eigenvalue weighted by molar-refractivity contribution is 7.89. The maximum atomic E-state index is 14.7. The van der Waals surface area contributed by atoms with Gasteiger partial charge in [-0.1, -0.05) is 60.7 Å². The van der Waals surface area contributed by atoms with Gasteiger partial charge in [0.1, 0.15) is 13.2 Å². The highest BCUT2D eigenvalue weighted by Crippen LogP contribution is 2.57. The van der Waals surface area contributed by atoms with Gasteiger partial charge < -0.3 is 10.6 Å². The summed E-state index contributed by atoms with van der Waals surface area (Å²) < 4.78 is 155. The van der Waals surface area contributed by atoms with E-state index < -0.39 is 95.7 Å². The lowest BCUT2D eigenvalue weighted by Gasteiger charge is -2.57. The van der Waals surface area contributed by atoms with E-state index in [0.717, 1.165) is 62.1 Å². The van der Waals surface area contributed by atoms with Crippen molar-refractivity contribution < 1.29 is 75.1 Å². The lowest BCUT2D eigenvalue weighted by atomic mass is 9.53. The molecule has 66 heavy (non-hydrogen) atoms. The molecule has 8 bridgehead atoms. The molecule has 0 heterocycles. The molecule has 12 nitrogen and oxygen atoms in total. The van der Waals surface area contributed by atoms with Gasteiger partial charge in [0.15, 0.2) is 11.6 Å². The van der Waals surface area contributed by atoms with Crippen LogP contribution in [0, 0.1) is 35.5 Å². The molecule has 0 aliphatic heterocycles. The van der Waals surface area contributed by atoms with Crippen molar-refractivity contribution in [1.29, 1.82) is 0 Å². The first kappa shape index (κ1) is 48.0. The van der Waals surface area contributed by atoms with Crippen molar-refractivity contribution in [2.24, 2.45) is 35.5 Å². The number of carbonyl (C=O) groups excluding carboxylic acids is 4. The number of amides is 2. The van der Waals surface area contributed by atoms with Gasteiger partial charge in [-0.25, -0.2) is 0 Å². The predicted octanol–water partition coefficient (Wildman–Crippen LogP) is 7.96. The van der Waals surface area contributed by atoms with Crippen molar-refractivity contribution in [3.63, 3.8) is 0 Å². The largest absolute Gasteiger partial charge is 0.446 e. The van der Waals surface area contributed by atoms with E-state index in [2.05, 4.69) is 19.0 Å². The van der Waals surface area contributed by atoms with Gasteiger partial charge >= 0.3 is 48.7 Å². The number of hydrogen-bond donors (Lipinski definition) is 2. The summed E-state index contributed by atoms with van der Waals surface area (Å²) in [6.07, 6.45) is 4.39. The van der Waals surface area contributed by atoms with E-state index >= 15 is 0 Å². The number of hydrogen-bond acceptors (Lipinski definition) is 10. The molecular weight excluding hydrogens is 926 g/mol. The van der Waals surface area contributed by atoms with Gasteiger partial charge in [-0.2, -0.15) is 47.6 Å². The first-order chi connectivity index (χ1) is 30.8. The number of rotatable bonds is 14. The maximum absolute atomic E-state index is 14.7. The topological polar surface area (TPSA) is 179 Å². The molecule has 8 saturated carbocycles. The fourth-order valence-electron chi connectivity index (χ4n) is 12.4. The van der Waals surface area contributed by atoms with E-state index in [9.17, 15) is 66.7 Å². The van der Waals surface area contributed by atoms with Gasteiger partial charge in [0.25, 0.3) is 0 Å². The Hall–Kier alpha value is -4.47. The van der Waals surface area contributed by atoms with Crippen molar-refractivity contribution in [3.05, 3.63) is 83.4 Å². The fraction of sp³-hybridized carbons (Fsp3) is 0.556. The van der Waals surface area contributed by atoms with Crippen LogP contribution in [0.25, 0.3) is 10.8 Å². The highest BCUT2D eigenvalue weighted by atomic mass is 32.2. The monoisotopic (exact) mass is 972 g/mol. The van der Waals surface area contributed by atoms with Crippen LogP contribution in [0.3, 0.4) is 0 Å². The average Bonchev–Trinajstić information content (AvgIpc) is 3.23. The van der Waals surface area contributed by atoms with E-state index in [0.29, 0.717) is 85.5 Å². The van der Waals surface area contributed by atoms with Gasteiger partial charge in [0.05, 0.1) is 5.56 Å². The number of Topliss-reactive ketones (excluding diaryl/α,β-unsaturated/α-hetero) is 2.